The predicted octanol–water partition coefficient (Wildman–Crippen LogP) is -1.79. The first-order chi connectivity index (χ1) is 5.99. The number of carbonyl (C=O) groups is 3. The van der Waals surface area contributed by atoms with Gasteiger partial charge in [-0.05, 0) is 6.92 Å². The Bertz CT molecular complexity index is 229. The molecule has 5 nitrogen and oxygen atoms in total. The van der Waals surface area contributed by atoms with Crippen molar-refractivity contribution in [3.63, 3.8) is 0 Å². The Morgan fingerprint density at radius 2 is 2.00 bits per heavy atom. The number of hydrogen-bond donors (Lipinski definition) is 1. The van der Waals surface area contributed by atoms with E-state index >= 15 is 0 Å². The second-order valence-corrected chi connectivity index (χ2v) is 2.50. The molecule has 0 aromatic heterocycles. The van der Waals surface area contributed by atoms with Crippen LogP contribution in [-0.4, -0.2) is 38.1 Å². The number of hydrogen-bond acceptors (Lipinski definition) is 4. The summed E-state index contributed by atoms with van der Waals surface area (Å²) in [7, 11) is 1.22. The molecule has 0 saturated heterocycles. The van der Waals surface area contributed by atoms with Gasteiger partial charge in [0.1, 0.15) is 5.68 Å². The van der Waals surface area contributed by atoms with E-state index in [9.17, 15) is 14.4 Å². The summed E-state index contributed by atoms with van der Waals surface area (Å²) in [6.45, 7) is 3.04. The van der Waals surface area contributed by atoms with Gasteiger partial charge in [-0.15, -0.1) is 0 Å². The van der Waals surface area contributed by atoms with Crippen LogP contribution < -0.4 is 5.32 Å². The summed E-state index contributed by atoms with van der Waals surface area (Å²) in [6, 6.07) is -1.17. The molecule has 0 spiro atoms. The highest BCUT2D eigenvalue weighted by Crippen LogP contribution is 1.89. The quantitative estimate of drug-likeness (QED) is 0.319. The molecule has 72 valence electrons. The average molecular weight is 185 g/mol. The molecule has 6 heteroatoms. The number of ether oxygens (including phenoxy) is 1. The summed E-state index contributed by atoms with van der Waals surface area (Å²) >= 11 is 0. The Morgan fingerprint density at radius 1 is 1.46 bits per heavy atom. The molecule has 0 aromatic rings. The number of nitrogens with one attached hydrogen (secondary N) is 1. The van der Waals surface area contributed by atoms with Crippen LogP contribution in [0.3, 0.4) is 0 Å². The molecule has 0 bridgehead atoms. The summed E-state index contributed by atoms with van der Waals surface area (Å²) in [4.78, 5) is 32.5. The summed E-state index contributed by atoms with van der Waals surface area (Å²) in [5, 5.41) is 2.20. The van der Waals surface area contributed by atoms with Crippen LogP contribution in [0.5, 0.6) is 0 Å². The molecule has 1 amide bonds. The fourth-order valence-corrected chi connectivity index (χ4v) is 0.755. The molecule has 1 N–H and O–H groups in total. The molecule has 0 heterocycles. The van der Waals surface area contributed by atoms with E-state index in [1.165, 1.54) is 14.8 Å². The van der Waals surface area contributed by atoms with Crippen molar-refractivity contribution >= 4 is 25.4 Å². The lowest BCUT2D eigenvalue weighted by Gasteiger charge is -2.12. The minimum atomic E-state index is -1.17. The summed E-state index contributed by atoms with van der Waals surface area (Å²) in [5.41, 5.74) is -0.436. The molecular weight excluding hydrogens is 173 g/mol. The highest BCUT2D eigenvalue weighted by molar-refractivity contribution is 6.61. The Morgan fingerprint density at radius 3 is 2.31 bits per heavy atom. The van der Waals surface area contributed by atoms with Gasteiger partial charge in [0.25, 0.3) is 0 Å². The molecule has 13 heavy (non-hydrogen) atoms. The molecule has 1 atom stereocenters. The van der Waals surface area contributed by atoms with Crippen LogP contribution in [-0.2, 0) is 19.1 Å². The fraction of sp³-hybridized carbons (Fsp3) is 0.571. The molecule has 0 saturated carbocycles. The van der Waals surface area contributed by atoms with E-state index in [1.807, 2.05) is 0 Å². The zero-order valence-corrected chi connectivity index (χ0v) is 7.92. The van der Waals surface area contributed by atoms with E-state index < -0.39 is 23.6 Å². The maximum atomic E-state index is 11.1. The maximum absolute atomic E-state index is 11.1. The van der Waals surface area contributed by atoms with Crippen LogP contribution in [0.2, 0.25) is 0 Å². The Kier molecular flexibility index (Phi) is 4.80. The molecule has 0 aliphatic rings. The minimum absolute atomic E-state index is 0.183. The third-order valence-corrected chi connectivity index (χ3v) is 1.28. The van der Waals surface area contributed by atoms with E-state index in [-0.39, 0.29) is 6.61 Å². The molecule has 0 radical (unpaired) electrons. The topological polar surface area (TPSA) is 72.5 Å². The molecular formula is C7H12BNO4. The van der Waals surface area contributed by atoms with Crippen molar-refractivity contribution < 1.29 is 19.1 Å². The second kappa shape index (κ2) is 5.34. The summed E-state index contributed by atoms with van der Waals surface area (Å²) in [6.07, 6.45) is 0. The molecule has 0 aliphatic heterocycles. The van der Waals surface area contributed by atoms with E-state index in [0.717, 1.165) is 0 Å². The number of esters is 1. The van der Waals surface area contributed by atoms with Gasteiger partial charge in [-0.25, -0.2) is 4.79 Å². The Hall–Kier alpha value is -1.33. The van der Waals surface area contributed by atoms with Crippen LogP contribution in [0.4, 0.5) is 0 Å². The van der Waals surface area contributed by atoms with Crippen molar-refractivity contribution in [1.29, 1.82) is 0 Å². The standard InChI is InChI=1S/C7H12BNO4/c1-3-13-7(12)5(6(8)11)9-4(2)10/h5H,3,8H2,1-2H3,(H,9,10). The van der Waals surface area contributed by atoms with Crippen molar-refractivity contribution in [2.24, 2.45) is 0 Å². The van der Waals surface area contributed by atoms with Gasteiger partial charge in [-0.1, -0.05) is 0 Å². The Labute approximate surface area is 77.2 Å². The van der Waals surface area contributed by atoms with Crippen molar-refractivity contribution in [1.82, 2.24) is 5.32 Å². The van der Waals surface area contributed by atoms with Gasteiger partial charge < -0.3 is 14.8 Å². The number of amides is 1. The zero-order chi connectivity index (χ0) is 10.4. The number of rotatable bonds is 4. The van der Waals surface area contributed by atoms with E-state index in [1.54, 1.807) is 6.92 Å². The van der Waals surface area contributed by atoms with Crippen LogP contribution in [0.1, 0.15) is 13.8 Å². The lowest BCUT2D eigenvalue weighted by Crippen LogP contribution is -2.46. The lowest BCUT2D eigenvalue weighted by atomic mass is 9.95. The molecule has 0 fully saturated rings. The fourth-order valence-electron chi connectivity index (χ4n) is 0.755. The lowest BCUT2D eigenvalue weighted by molar-refractivity contribution is -0.149. The van der Waals surface area contributed by atoms with Crippen LogP contribution in [0.25, 0.3) is 0 Å². The largest absolute Gasteiger partial charge is 0.464 e. The molecule has 1 unspecified atom stereocenters. The third-order valence-electron chi connectivity index (χ3n) is 1.28. The first-order valence-electron chi connectivity index (χ1n) is 3.93. The average Bonchev–Trinajstić information content (AvgIpc) is 1.99. The zero-order valence-electron chi connectivity index (χ0n) is 7.92. The predicted molar refractivity (Wildman–Crippen MR) is 47.8 cm³/mol. The van der Waals surface area contributed by atoms with E-state index in [2.05, 4.69) is 10.1 Å². The van der Waals surface area contributed by atoms with Crippen LogP contribution in [0.15, 0.2) is 0 Å². The summed E-state index contributed by atoms with van der Waals surface area (Å²) in [5.74, 6) is -1.15. The van der Waals surface area contributed by atoms with Gasteiger partial charge in [0.2, 0.25) is 5.91 Å². The highest BCUT2D eigenvalue weighted by Gasteiger charge is 2.24. The molecule has 0 aromatic carbocycles. The van der Waals surface area contributed by atoms with Gasteiger partial charge in [0.05, 0.1) is 6.61 Å². The highest BCUT2D eigenvalue weighted by atomic mass is 16.5. The first-order valence-corrected chi connectivity index (χ1v) is 3.93. The first kappa shape index (κ1) is 11.7. The van der Waals surface area contributed by atoms with Crippen molar-refractivity contribution in [3.8, 4) is 0 Å². The van der Waals surface area contributed by atoms with Crippen LogP contribution in [0, 0.1) is 0 Å². The molecule has 0 rings (SSSR count). The van der Waals surface area contributed by atoms with Crippen molar-refractivity contribution in [2.45, 2.75) is 19.9 Å². The molecule has 0 aliphatic carbocycles. The van der Waals surface area contributed by atoms with Gasteiger partial charge in [-0.2, -0.15) is 0 Å². The van der Waals surface area contributed by atoms with Gasteiger partial charge in [0, 0.05) is 6.92 Å². The van der Waals surface area contributed by atoms with Crippen LogP contribution >= 0.6 is 0 Å². The van der Waals surface area contributed by atoms with Gasteiger partial charge >= 0.3 is 5.97 Å². The summed E-state index contributed by atoms with van der Waals surface area (Å²) < 4.78 is 4.59. The second-order valence-electron chi connectivity index (χ2n) is 2.50. The van der Waals surface area contributed by atoms with E-state index in [0.29, 0.717) is 0 Å². The van der Waals surface area contributed by atoms with Crippen molar-refractivity contribution in [2.75, 3.05) is 6.61 Å². The maximum Gasteiger partial charge on any atom is 0.335 e. The monoisotopic (exact) mass is 185 g/mol. The van der Waals surface area contributed by atoms with E-state index in [4.69, 9.17) is 0 Å². The SMILES string of the molecule is BC(=O)C(NC(C)=O)C(=O)OCC. The van der Waals surface area contributed by atoms with Crippen molar-refractivity contribution in [3.05, 3.63) is 0 Å². The Balaban J connectivity index is 4.32. The minimum Gasteiger partial charge on any atom is -0.464 e. The number of carbonyl (C=O) groups excluding carboxylic acids is 3. The third kappa shape index (κ3) is 4.30. The smallest absolute Gasteiger partial charge is 0.335 e. The van der Waals surface area contributed by atoms with Gasteiger partial charge in [0.15, 0.2) is 13.9 Å². The normalized spacial score (nSPS) is 11.5. The van der Waals surface area contributed by atoms with Gasteiger partial charge in [-0.3, -0.25) is 4.79 Å².